The van der Waals surface area contributed by atoms with Gasteiger partial charge in [0.2, 0.25) is 5.91 Å². The first kappa shape index (κ1) is 12.1. The highest BCUT2D eigenvalue weighted by atomic mass is 16.1. The van der Waals surface area contributed by atoms with Gasteiger partial charge in [-0.25, -0.2) is 0 Å². The maximum atomic E-state index is 11.2. The predicted molar refractivity (Wildman–Crippen MR) is 61.3 cm³/mol. The predicted octanol–water partition coefficient (Wildman–Crippen LogP) is 0.904. The Morgan fingerprint density at radius 3 is 3.00 bits per heavy atom. The zero-order valence-electron chi connectivity index (χ0n) is 9.60. The van der Waals surface area contributed by atoms with Crippen molar-refractivity contribution in [3.8, 4) is 12.3 Å². The molecule has 1 aliphatic rings. The van der Waals surface area contributed by atoms with E-state index >= 15 is 0 Å². The largest absolute Gasteiger partial charge is 0.354 e. The van der Waals surface area contributed by atoms with Crippen molar-refractivity contribution >= 4 is 5.91 Å². The third kappa shape index (κ3) is 3.56. The average molecular weight is 208 g/mol. The van der Waals surface area contributed by atoms with Crippen LogP contribution in [0.2, 0.25) is 0 Å². The van der Waals surface area contributed by atoms with Crippen LogP contribution in [-0.4, -0.2) is 25.0 Å². The van der Waals surface area contributed by atoms with Crippen LogP contribution >= 0.6 is 0 Å². The van der Waals surface area contributed by atoms with Crippen molar-refractivity contribution in [2.24, 2.45) is 5.41 Å². The number of rotatable bonds is 3. The van der Waals surface area contributed by atoms with Gasteiger partial charge in [-0.05, 0) is 24.8 Å². The molecule has 1 fully saturated rings. The minimum Gasteiger partial charge on any atom is -0.354 e. The summed E-state index contributed by atoms with van der Waals surface area (Å²) < 4.78 is 0. The van der Waals surface area contributed by atoms with Crippen LogP contribution < -0.4 is 10.6 Å². The first-order chi connectivity index (χ1) is 7.06. The Hall–Kier alpha value is -1.01. The summed E-state index contributed by atoms with van der Waals surface area (Å²) >= 11 is 0. The summed E-state index contributed by atoms with van der Waals surface area (Å²) in [5, 5.41) is 6.31. The molecule has 3 heteroatoms. The van der Waals surface area contributed by atoms with Crippen LogP contribution in [0.4, 0.5) is 0 Å². The Morgan fingerprint density at radius 1 is 1.67 bits per heavy atom. The molecule has 1 unspecified atom stereocenters. The number of nitrogens with one attached hydrogen (secondary N) is 2. The van der Waals surface area contributed by atoms with E-state index in [4.69, 9.17) is 6.42 Å². The lowest BCUT2D eigenvalue weighted by atomic mass is 9.77. The molecule has 0 aromatic rings. The summed E-state index contributed by atoms with van der Waals surface area (Å²) in [6.45, 7) is 6.18. The molecule has 15 heavy (non-hydrogen) atoms. The lowest BCUT2D eigenvalue weighted by Gasteiger charge is -2.39. The summed E-state index contributed by atoms with van der Waals surface area (Å²) in [5.41, 5.74) is 0.252. The van der Waals surface area contributed by atoms with Crippen LogP contribution in [-0.2, 0) is 4.79 Å². The van der Waals surface area contributed by atoms with Crippen LogP contribution in [0, 0.1) is 17.8 Å². The number of piperidine rings is 1. The number of amides is 1. The van der Waals surface area contributed by atoms with Crippen molar-refractivity contribution in [2.75, 3.05) is 13.1 Å². The fraction of sp³-hybridized carbons (Fsp3) is 0.750. The molecule has 1 aliphatic heterocycles. The summed E-state index contributed by atoms with van der Waals surface area (Å²) in [7, 11) is 0. The van der Waals surface area contributed by atoms with Crippen molar-refractivity contribution in [3.05, 3.63) is 0 Å². The lowest BCUT2D eigenvalue weighted by molar-refractivity contribution is -0.120. The highest BCUT2D eigenvalue weighted by Gasteiger charge is 2.31. The van der Waals surface area contributed by atoms with Gasteiger partial charge in [-0.3, -0.25) is 4.79 Å². The Bertz CT molecular complexity index is 265. The minimum atomic E-state index is -0.0549. The van der Waals surface area contributed by atoms with Crippen LogP contribution in [0.1, 0.15) is 33.1 Å². The molecular weight excluding hydrogens is 188 g/mol. The van der Waals surface area contributed by atoms with Gasteiger partial charge in [0.15, 0.2) is 0 Å². The van der Waals surface area contributed by atoms with Gasteiger partial charge in [-0.15, -0.1) is 6.42 Å². The summed E-state index contributed by atoms with van der Waals surface area (Å²) in [6.07, 6.45) is 7.65. The summed E-state index contributed by atoms with van der Waals surface area (Å²) in [6, 6.07) is 0.355. The van der Waals surface area contributed by atoms with Gasteiger partial charge < -0.3 is 10.6 Å². The second kappa shape index (κ2) is 5.18. The monoisotopic (exact) mass is 208 g/mol. The number of terminal acetylenes is 1. The Labute approximate surface area is 92.0 Å². The molecule has 3 nitrogen and oxygen atoms in total. The summed E-state index contributed by atoms with van der Waals surface area (Å²) in [5.74, 6) is 2.29. The van der Waals surface area contributed by atoms with E-state index in [0.717, 1.165) is 6.54 Å². The molecule has 84 valence electrons. The van der Waals surface area contributed by atoms with Crippen LogP contribution in [0.3, 0.4) is 0 Å². The van der Waals surface area contributed by atoms with Gasteiger partial charge in [-0.1, -0.05) is 19.8 Å². The van der Waals surface area contributed by atoms with Gasteiger partial charge in [0.1, 0.15) is 0 Å². The molecule has 0 radical (unpaired) electrons. The van der Waals surface area contributed by atoms with Gasteiger partial charge in [-0.2, -0.15) is 0 Å². The Kier molecular flexibility index (Phi) is 4.16. The molecule has 1 amide bonds. The standard InChI is InChI=1S/C12H20N2O/c1-4-6-11(15)14-9-10-12(2,3)7-5-8-13-10/h1,10,13H,5-9H2,2-3H3,(H,14,15). The highest BCUT2D eigenvalue weighted by Crippen LogP contribution is 2.29. The first-order valence-electron chi connectivity index (χ1n) is 5.50. The van der Waals surface area contributed by atoms with Crippen LogP contribution in [0.15, 0.2) is 0 Å². The SMILES string of the molecule is C#CCC(=O)NCC1NCCCC1(C)C. The topological polar surface area (TPSA) is 41.1 Å². The molecule has 0 spiro atoms. The molecular formula is C12H20N2O. The maximum absolute atomic E-state index is 11.2. The van der Waals surface area contributed by atoms with Crippen LogP contribution in [0.25, 0.3) is 0 Å². The molecule has 1 rings (SSSR count). The molecule has 0 aliphatic carbocycles. The molecule has 1 atom stereocenters. The third-order valence-electron chi connectivity index (χ3n) is 3.10. The van der Waals surface area contributed by atoms with Gasteiger partial charge in [0.25, 0.3) is 0 Å². The molecule has 1 saturated heterocycles. The quantitative estimate of drug-likeness (QED) is 0.677. The van der Waals surface area contributed by atoms with E-state index < -0.39 is 0 Å². The molecule has 0 saturated carbocycles. The van der Waals surface area contributed by atoms with E-state index in [1.165, 1.54) is 12.8 Å². The van der Waals surface area contributed by atoms with E-state index in [-0.39, 0.29) is 17.7 Å². The minimum absolute atomic E-state index is 0.0549. The van der Waals surface area contributed by atoms with Crippen molar-refractivity contribution in [1.82, 2.24) is 10.6 Å². The zero-order chi connectivity index (χ0) is 11.3. The van der Waals surface area contributed by atoms with Crippen molar-refractivity contribution in [1.29, 1.82) is 0 Å². The molecule has 2 N–H and O–H groups in total. The highest BCUT2D eigenvalue weighted by molar-refractivity contribution is 5.78. The van der Waals surface area contributed by atoms with Gasteiger partial charge in [0, 0.05) is 12.6 Å². The van der Waals surface area contributed by atoms with E-state index in [2.05, 4.69) is 30.4 Å². The molecule has 0 aromatic carbocycles. The second-order valence-electron chi connectivity index (χ2n) is 4.78. The zero-order valence-corrected chi connectivity index (χ0v) is 9.60. The van der Waals surface area contributed by atoms with Crippen molar-refractivity contribution in [3.63, 3.8) is 0 Å². The van der Waals surface area contributed by atoms with Gasteiger partial charge in [0.05, 0.1) is 6.42 Å². The van der Waals surface area contributed by atoms with Crippen molar-refractivity contribution in [2.45, 2.75) is 39.2 Å². The van der Waals surface area contributed by atoms with Gasteiger partial charge >= 0.3 is 0 Å². The maximum Gasteiger partial charge on any atom is 0.232 e. The average Bonchev–Trinajstić information content (AvgIpc) is 2.16. The van der Waals surface area contributed by atoms with E-state index in [0.29, 0.717) is 12.6 Å². The third-order valence-corrected chi connectivity index (χ3v) is 3.10. The fourth-order valence-electron chi connectivity index (χ4n) is 1.99. The molecule has 1 heterocycles. The fourth-order valence-corrected chi connectivity index (χ4v) is 1.99. The lowest BCUT2D eigenvalue weighted by Crippen LogP contribution is -2.52. The normalized spacial score (nSPS) is 24.2. The first-order valence-corrected chi connectivity index (χ1v) is 5.50. The number of carbonyl (C=O) groups excluding carboxylic acids is 1. The number of hydrogen-bond acceptors (Lipinski definition) is 2. The van der Waals surface area contributed by atoms with E-state index in [1.807, 2.05) is 0 Å². The summed E-state index contributed by atoms with van der Waals surface area (Å²) in [4.78, 5) is 11.2. The smallest absolute Gasteiger partial charge is 0.232 e. The van der Waals surface area contributed by atoms with E-state index in [1.54, 1.807) is 0 Å². The Morgan fingerprint density at radius 2 is 2.40 bits per heavy atom. The van der Waals surface area contributed by atoms with Crippen LogP contribution in [0.5, 0.6) is 0 Å². The van der Waals surface area contributed by atoms with Crippen molar-refractivity contribution < 1.29 is 4.79 Å². The van der Waals surface area contributed by atoms with E-state index in [9.17, 15) is 4.79 Å². The molecule has 0 aromatic heterocycles. The molecule has 0 bridgehead atoms. The second-order valence-corrected chi connectivity index (χ2v) is 4.78. The number of hydrogen-bond donors (Lipinski definition) is 2. The number of carbonyl (C=O) groups is 1. The Balaban J connectivity index is 2.37.